The van der Waals surface area contributed by atoms with Crippen molar-refractivity contribution in [3.63, 3.8) is 0 Å². The Morgan fingerprint density at radius 2 is 1.93 bits per heavy atom. The smallest absolute Gasteiger partial charge is 0.331 e. The maximum atomic E-state index is 15.1. The summed E-state index contributed by atoms with van der Waals surface area (Å²) in [6.07, 6.45) is 7.97. The monoisotopic (exact) mass is 570 g/mol. The lowest BCUT2D eigenvalue weighted by atomic mass is 10.1. The van der Waals surface area contributed by atoms with Crippen molar-refractivity contribution in [3.05, 3.63) is 65.9 Å². The molecule has 0 spiro atoms. The van der Waals surface area contributed by atoms with Gasteiger partial charge in [0.1, 0.15) is 36.0 Å². The van der Waals surface area contributed by atoms with Gasteiger partial charge in [-0.3, -0.25) is 19.4 Å². The van der Waals surface area contributed by atoms with Gasteiger partial charge in [0, 0.05) is 54.8 Å². The Morgan fingerprint density at radius 1 is 1.12 bits per heavy atom. The van der Waals surface area contributed by atoms with Crippen molar-refractivity contribution in [2.75, 3.05) is 29.1 Å². The number of nitrogens with zero attached hydrogens (tertiary/aromatic N) is 8. The SMILES string of the molecule is Cc1ccnc(C2CC2C(=O)Nc2cc(NCc3cn4cc(C5(F)CC5)cc(N5CC(=O)N(C)C5=O)c4n3)ncn2)n1. The molecule has 1 aliphatic heterocycles. The number of likely N-dealkylation sites (N-methyl/N-ethyl adjacent to an activating group) is 1. The Kier molecular flexibility index (Phi) is 5.88. The molecule has 13 nitrogen and oxygen atoms in total. The first kappa shape index (κ1) is 25.9. The van der Waals surface area contributed by atoms with Crippen LogP contribution in [0.3, 0.4) is 0 Å². The number of amides is 4. The lowest BCUT2D eigenvalue weighted by Gasteiger charge is -2.18. The molecular formula is C28H27FN10O3. The molecule has 2 aliphatic carbocycles. The normalized spacial score (nSPS) is 20.7. The molecule has 4 aromatic heterocycles. The van der Waals surface area contributed by atoms with Crippen LogP contribution in [0.5, 0.6) is 0 Å². The van der Waals surface area contributed by atoms with Crippen LogP contribution in [0, 0.1) is 12.8 Å². The van der Waals surface area contributed by atoms with E-state index in [-0.39, 0.29) is 36.7 Å². The number of nitrogens with one attached hydrogen (secondary N) is 2. The van der Waals surface area contributed by atoms with Crippen molar-refractivity contribution in [2.24, 2.45) is 5.92 Å². The fraction of sp³-hybridized carbons (Fsp3) is 0.357. The third-order valence-corrected chi connectivity index (χ3v) is 7.91. The zero-order valence-corrected chi connectivity index (χ0v) is 22.9. The minimum Gasteiger partial charge on any atom is -0.364 e. The van der Waals surface area contributed by atoms with Gasteiger partial charge in [0.25, 0.3) is 0 Å². The summed E-state index contributed by atoms with van der Waals surface area (Å²) in [7, 11) is 1.42. The van der Waals surface area contributed by atoms with Gasteiger partial charge in [-0.2, -0.15) is 0 Å². The molecule has 3 fully saturated rings. The van der Waals surface area contributed by atoms with Gasteiger partial charge in [0.2, 0.25) is 11.8 Å². The number of aryl methyl sites for hydroxylation is 1. The second-order valence-corrected chi connectivity index (χ2v) is 11.0. The number of imidazole rings is 1. The summed E-state index contributed by atoms with van der Waals surface area (Å²) in [6, 6.07) is 4.58. The minimum absolute atomic E-state index is 0.00801. The van der Waals surface area contributed by atoms with Gasteiger partial charge in [-0.15, -0.1) is 0 Å². The predicted octanol–water partition coefficient (Wildman–Crippen LogP) is 2.93. The molecule has 0 radical (unpaired) electrons. The Hall–Kier alpha value is -5.01. The highest BCUT2D eigenvalue weighted by Crippen LogP contribution is 2.50. The van der Waals surface area contributed by atoms with E-state index in [0.29, 0.717) is 59.3 Å². The van der Waals surface area contributed by atoms with Gasteiger partial charge in [-0.25, -0.2) is 34.1 Å². The third-order valence-electron chi connectivity index (χ3n) is 7.91. The van der Waals surface area contributed by atoms with Crippen molar-refractivity contribution in [2.45, 2.75) is 44.3 Å². The molecule has 0 aromatic carbocycles. The van der Waals surface area contributed by atoms with Crippen molar-refractivity contribution in [3.8, 4) is 0 Å². The van der Waals surface area contributed by atoms with E-state index in [4.69, 9.17) is 0 Å². The van der Waals surface area contributed by atoms with E-state index < -0.39 is 11.7 Å². The number of carbonyl (C=O) groups excluding carboxylic acids is 3. The van der Waals surface area contributed by atoms with Crippen molar-refractivity contribution >= 4 is 40.8 Å². The average Bonchev–Trinajstić information content (AvgIpc) is 3.88. The number of carbonyl (C=O) groups is 3. The number of imide groups is 1. The largest absolute Gasteiger partial charge is 0.364 e. The van der Waals surface area contributed by atoms with E-state index in [2.05, 4.69) is 35.6 Å². The number of rotatable bonds is 8. The second kappa shape index (κ2) is 9.53. The van der Waals surface area contributed by atoms with E-state index in [1.807, 2.05) is 13.0 Å². The summed E-state index contributed by atoms with van der Waals surface area (Å²) in [5, 5.41) is 6.02. The van der Waals surface area contributed by atoms with Crippen molar-refractivity contribution < 1.29 is 18.8 Å². The zero-order valence-electron chi connectivity index (χ0n) is 22.9. The van der Waals surface area contributed by atoms with Gasteiger partial charge in [0.15, 0.2) is 5.65 Å². The molecule has 2 N–H and O–H groups in total. The van der Waals surface area contributed by atoms with E-state index >= 15 is 4.39 Å². The van der Waals surface area contributed by atoms with Crippen LogP contribution < -0.4 is 15.5 Å². The van der Waals surface area contributed by atoms with E-state index in [1.54, 1.807) is 35.1 Å². The molecule has 7 rings (SSSR count). The lowest BCUT2D eigenvalue weighted by molar-refractivity contribution is -0.124. The Morgan fingerprint density at radius 3 is 2.67 bits per heavy atom. The van der Waals surface area contributed by atoms with Crippen LogP contribution in [0.25, 0.3) is 5.65 Å². The molecule has 0 bridgehead atoms. The lowest BCUT2D eigenvalue weighted by Crippen LogP contribution is -2.30. The topological polar surface area (TPSA) is 151 Å². The standard InChI is InChI=1S/C28H27FN10O3/c1-15-3-6-30-24(34-15)18-8-19(18)26(41)36-22-9-21(32-14-33-22)31-10-17-12-38-11-16(28(29)4-5-28)7-20(25(38)35-17)39-13-23(40)37(2)27(39)42/h3,6-7,9,11-12,14,18-19H,4-5,8,10,13H2,1-2H3,(H2,31,32,33,36,41). The molecule has 2 atom stereocenters. The molecule has 214 valence electrons. The molecule has 5 heterocycles. The van der Waals surface area contributed by atoms with Crippen LogP contribution in [0.4, 0.5) is 26.5 Å². The van der Waals surface area contributed by atoms with Gasteiger partial charge in [-0.1, -0.05) is 0 Å². The molecule has 42 heavy (non-hydrogen) atoms. The second-order valence-electron chi connectivity index (χ2n) is 11.0. The summed E-state index contributed by atoms with van der Waals surface area (Å²) in [5.74, 6) is 0.781. The van der Waals surface area contributed by atoms with E-state index in [9.17, 15) is 14.4 Å². The third kappa shape index (κ3) is 4.67. The molecule has 1 saturated heterocycles. The molecule has 14 heteroatoms. The molecule has 4 aromatic rings. The van der Waals surface area contributed by atoms with Gasteiger partial charge < -0.3 is 15.0 Å². The van der Waals surface area contributed by atoms with E-state index in [0.717, 1.165) is 10.6 Å². The quantitative estimate of drug-likeness (QED) is 0.305. The van der Waals surface area contributed by atoms with Crippen molar-refractivity contribution in [1.82, 2.24) is 34.2 Å². The highest BCUT2D eigenvalue weighted by Gasteiger charge is 2.47. The first-order valence-electron chi connectivity index (χ1n) is 13.6. The fourth-order valence-electron chi connectivity index (χ4n) is 5.18. The molecule has 2 saturated carbocycles. The summed E-state index contributed by atoms with van der Waals surface area (Å²) in [5.41, 5.74) is 1.28. The van der Waals surface area contributed by atoms with Gasteiger partial charge in [0.05, 0.1) is 17.9 Å². The van der Waals surface area contributed by atoms with Crippen LogP contribution in [-0.4, -0.2) is 65.7 Å². The van der Waals surface area contributed by atoms with Gasteiger partial charge in [-0.05, 0) is 38.3 Å². The molecular weight excluding hydrogens is 543 g/mol. The van der Waals surface area contributed by atoms with Crippen LogP contribution in [-0.2, 0) is 21.8 Å². The first-order valence-corrected chi connectivity index (χ1v) is 13.6. The number of hydrogen-bond donors (Lipinski definition) is 2. The van der Waals surface area contributed by atoms with Crippen molar-refractivity contribution in [1.29, 1.82) is 0 Å². The number of alkyl halides is 1. The summed E-state index contributed by atoms with van der Waals surface area (Å²) < 4.78 is 16.8. The fourth-order valence-corrected chi connectivity index (χ4v) is 5.18. The van der Waals surface area contributed by atoms with Crippen LogP contribution in [0.15, 0.2) is 43.1 Å². The highest BCUT2D eigenvalue weighted by molar-refractivity contribution is 6.13. The number of hydrogen-bond acceptors (Lipinski definition) is 9. The maximum Gasteiger partial charge on any atom is 0.331 e. The van der Waals surface area contributed by atoms with Crippen LogP contribution in [0.1, 0.15) is 48.0 Å². The predicted molar refractivity (Wildman–Crippen MR) is 148 cm³/mol. The Labute approximate surface area is 239 Å². The summed E-state index contributed by atoms with van der Waals surface area (Å²) in [4.78, 5) is 61.9. The zero-order chi connectivity index (χ0) is 29.2. The van der Waals surface area contributed by atoms with Gasteiger partial charge >= 0.3 is 6.03 Å². The Bertz CT molecular complexity index is 1770. The highest BCUT2D eigenvalue weighted by atomic mass is 19.1. The first-order chi connectivity index (χ1) is 20.2. The molecule has 3 aliphatic rings. The number of fused-ring (bicyclic) bond motifs is 1. The number of urea groups is 1. The maximum absolute atomic E-state index is 15.1. The Balaban J connectivity index is 1.06. The van der Waals surface area contributed by atoms with Crippen LogP contribution in [0.2, 0.25) is 0 Å². The number of aromatic nitrogens is 6. The number of pyridine rings is 1. The number of anilines is 3. The summed E-state index contributed by atoms with van der Waals surface area (Å²) in [6.45, 7) is 2.01. The molecule has 2 unspecified atom stereocenters. The minimum atomic E-state index is -1.44. The summed E-state index contributed by atoms with van der Waals surface area (Å²) >= 11 is 0. The van der Waals surface area contributed by atoms with Crippen LogP contribution >= 0.6 is 0 Å². The number of halogens is 1. The average molecular weight is 571 g/mol. The molecule has 4 amide bonds. The van der Waals surface area contributed by atoms with E-state index in [1.165, 1.54) is 18.3 Å².